The van der Waals surface area contributed by atoms with Crippen molar-refractivity contribution in [2.75, 3.05) is 5.32 Å². The third-order valence-corrected chi connectivity index (χ3v) is 9.63. The highest BCUT2D eigenvalue weighted by atomic mass is 35.5. The molecule has 166 valence electrons. The van der Waals surface area contributed by atoms with E-state index in [1.54, 1.807) is 26.0 Å². The van der Waals surface area contributed by atoms with Crippen LogP contribution in [0.15, 0.2) is 41.3 Å². The summed E-state index contributed by atoms with van der Waals surface area (Å²) >= 11 is 6.24. The van der Waals surface area contributed by atoms with Crippen molar-refractivity contribution in [2.45, 2.75) is 55.3 Å². The van der Waals surface area contributed by atoms with Gasteiger partial charge in [0.2, 0.25) is 0 Å². The molecule has 2 bridgehead atoms. The second-order valence-electron chi connectivity index (χ2n) is 8.90. The minimum Gasteiger partial charge on any atom is -0.390 e. The van der Waals surface area contributed by atoms with Gasteiger partial charge in [0.25, 0.3) is 5.91 Å². The van der Waals surface area contributed by atoms with Gasteiger partial charge < -0.3 is 10.4 Å². The van der Waals surface area contributed by atoms with Gasteiger partial charge in [-0.1, -0.05) is 17.7 Å². The number of hydrogen-bond donors (Lipinski definition) is 2. The highest BCUT2D eigenvalue weighted by molar-refractivity contribution is 7.92. The molecule has 1 amide bonds. The number of hydrogen-bond acceptors (Lipinski definition) is 4. The van der Waals surface area contributed by atoms with Crippen molar-refractivity contribution in [3.05, 3.63) is 58.4 Å². The maximum atomic E-state index is 13.8. The van der Waals surface area contributed by atoms with Crippen LogP contribution in [0, 0.1) is 24.6 Å². The topological polar surface area (TPSA) is 83.5 Å². The SMILES string of the molecule is Cc1ccc(NC(=O)c2ccc(Cl)c(S(=O)(=O)[C@H]3CC4CCC(C3)[C@@]4(C)O)c2)cc1F. The fraction of sp³-hybridized carbons (Fsp3) is 0.435. The number of nitrogens with one attached hydrogen (secondary N) is 1. The van der Waals surface area contributed by atoms with Gasteiger partial charge in [-0.3, -0.25) is 4.79 Å². The van der Waals surface area contributed by atoms with Crippen molar-refractivity contribution in [2.24, 2.45) is 11.8 Å². The van der Waals surface area contributed by atoms with Gasteiger partial charge in [0, 0.05) is 11.3 Å². The average Bonchev–Trinajstić information content (AvgIpc) is 2.87. The van der Waals surface area contributed by atoms with Crippen LogP contribution >= 0.6 is 11.6 Å². The second-order valence-corrected chi connectivity index (χ2v) is 11.5. The minimum absolute atomic E-state index is 0.0580. The van der Waals surface area contributed by atoms with Crippen LogP contribution in [0.5, 0.6) is 0 Å². The summed E-state index contributed by atoms with van der Waals surface area (Å²) in [5, 5.41) is 12.7. The summed E-state index contributed by atoms with van der Waals surface area (Å²) in [6.07, 6.45) is 2.38. The van der Waals surface area contributed by atoms with Gasteiger partial charge in [0.05, 0.1) is 20.8 Å². The summed E-state index contributed by atoms with van der Waals surface area (Å²) in [5.41, 5.74) is 0.0208. The Labute approximate surface area is 186 Å². The first kappa shape index (κ1) is 22.2. The van der Waals surface area contributed by atoms with E-state index in [4.69, 9.17) is 11.6 Å². The number of halogens is 2. The van der Waals surface area contributed by atoms with Crippen molar-refractivity contribution in [3.8, 4) is 0 Å². The quantitative estimate of drug-likeness (QED) is 0.682. The Morgan fingerprint density at radius 1 is 1.16 bits per heavy atom. The highest BCUT2D eigenvalue weighted by Gasteiger charge is 2.53. The zero-order valence-corrected chi connectivity index (χ0v) is 18.9. The van der Waals surface area contributed by atoms with E-state index < -0.39 is 32.4 Å². The zero-order chi connectivity index (χ0) is 22.6. The number of amides is 1. The number of benzene rings is 2. The van der Waals surface area contributed by atoms with Crippen LogP contribution in [-0.4, -0.2) is 30.3 Å². The number of carbonyl (C=O) groups excluding carboxylic acids is 1. The fourth-order valence-corrected chi connectivity index (χ4v) is 7.34. The van der Waals surface area contributed by atoms with Gasteiger partial charge in [-0.15, -0.1) is 0 Å². The van der Waals surface area contributed by atoms with Gasteiger partial charge >= 0.3 is 0 Å². The first-order valence-electron chi connectivity index (χ1n) is 10.3. The highest BCUT2D eigenvalue weighted by Crippen LogP contribution is 2.51. The van der Waals surface area contributed by atoms with Crippen LogP contribution in [0.3, 0.4) is 0 Å². The number of aliphatic hydroxyl groups is 1. The molecule has 2 atom stereocenters. The number of rotatable bonds is 4. The maximum absolute atomic E-state index is 13.8. The van der Waals surface area contributed by atoms with Crippen LogP contribution in [0.25, 0.3) is 0 Å². The zero-order valence-electron chi connectivity index (χ0n) is 17.4. The van der Waals surface area contributed by atoms with Crippen LogP contribution in [0.1, 0.15) is 48.5 Å². The Kier molecular flexibility index (Phi) is 5.65. The summed E-state index contributed by atoms with van der Waals surface area (Å²) in [6, 6.07) is 8.46. The van der Waals surface area contributed by atoms with E-state index in [-0.39, 0.29) is 33.0 Å². The molecule has 0 saturated heterocycles. The van der Waals surface area contributed by atoms with Crippen LogP contribution < -0.4 is 5.32 Å². The first-order valence-corrected chi connectivity index (χ1v) is 12.3. The van der Waals surface area contributed by atoms with Crippen LogP contribution in [0.4, 0.5) is 10.1 Å². The normalized spacial score (nSPS) is 27.8. The Morgan fingerprint density at radius 3 is 2.42 bits per heavy atom. The largest absolute Gasteiger partial charge is 0.390 e. The van der Waals surface area contributed by atoms with Gasteiger partial charge in [-0.25, -0.2) is 12.8 Å². The van der Waals surface area contributed by atoms with E-state index in [0.29, 0.717) is 18.4 Å². The molecular weight excluding hydrogens is 441 g/mol. The van der Waals surface area contributed by atoms with E-state index >= 15 is 0 Å². The fourth-order valence-electron chi connectivity index (χ4n) is 4.93. The van der Waals surface area contributed by atoms with Gasteiger partial charge in [0.1, 0.15) is 5.82 Å². The molecule has 4 rings (SSSR count). The van der Waals surface area contributed by atoms with Gasteiger partial charge in [-0.05, 0) is 87.3 Å². The third-order valence-electron chi connectivity index (χ3n) is 6.98. The van der Waals surface area contributed by atoms with Crippen molar-refractivity contribution >= 4 is 33.0 Å². The number of anilines is 1. The molecule has 31 heavy (non-hydrogen) atoms. The Morgan fingerprint density at radius 2 is 1.81 bits per heavy atom. The molecule has 5 nitrogen and oxygen atoms in total. The smallest absolute Gasteiger partial charge is 0.255 e. The molecule has 0 radical (unpaired) electrons. The lowest BCUT2D eigenvalue weighted by atomic mass is 9.76. The molecular formula is C23H25ClFNO4S. The number of sulfone groups is 1. The molecule has 2 aromatic carbocycles. The van der Waals surface area contributed by atoms with E-state index in [1.807, 2.05) is 0 Å². The summed E-state index contributed by atoms with van der Waals surface area (Å²) < 4.78 is 40.6. The molecule has 2 aliphatic rings. The minimum atomic E-state index is -3.79. The molecule has 2 saturated carbocycles. The average molecular weight is 466 g/mol. The molecule has 0 spiro atoms. The molecule has 2 unspecified atom stereocenters. The van der Waals surface area contributed by atoms with Crippen LogP contribution in [-0.2, 0) is 9.84 Å². The summed E-state index contributed by atoms with van der Waals surface area (Å²) in [5.74, 6) is -1.12. The van der Waals surface area contributed by atoms with Crippen molar-refractivity contribution in [3.63, 3.8) is 0 Å². The predicted octanol–water partition coefficient (Wildman–Crippen LogP) is 4.75. The number of fused-ring (bicyclic) bond motifs is 2. The Hall–Kier alpha value is -1.96. The van der Waals surface area contributed by atoms with Crippen molar-refractivity contribution in [1.29, 1.82) is 0 Å². The molecule has 8 heteroatoms. The summed E-state index contributed by atoms with van der Waals surface area (Å²) in [7, 11) is -3.79. The van der Waals surface area contributed by atoms with Crippen molar-refractivity contribution < 1.29 is 22.7 Å². The standard InChI is InChI=1S/C23H25ClFNO4S/c1-13-3-7-17(12-20(13)25)26-22(27)14-4-8-19(24)21(9-14)31(29,30)18-10-15-5-6-16(11-18)23(15,2)28/h3-4,7-9,12,15-16,18,28H,5-6,10-11H2,1-2H3,(H,26,27)/t15?,16?,18-,23-. The lowest BCUT2D eigenvalue weighted by Gasteiger charge is -2.40. The van der Waals surface area contributed by atoms with E-state index in [9.17, 15) is 22.7 Å². The molecule has 2 N–H and O–H groups in total. The summed E-state index contributed by atoms with van der Waals surface area (Å²) in [4.78, 5) is 12.6. The van der Waals surface area contributed by atoms with Crippen molar-refractivity contribution in [1.82, 2.24) is 0 Å². The summed E-state index contributed by atoms with van der Waals surface area (Å²) in [6.45, 7) is 3.41. The molecule has 2 fully saturated rings. The van der Waals surface area contributed by atoms with E-state index in [2.05, 4.69) is 5.32 Å². The number of aryl methyl sites for hydroxylation is 1. The van der Waals surface area contributed by atoms with Gasteiger partial charge in [-0.2, -0.15) is 0 Å². The Bertz CT molecular complexity index is 1130. The molecule has 0 aliphatic heterocycles. The van der Waals surface area contributed by atoms with E-state index in [0.717, 1.165) is 12.8 Å². The lowest BCUT2D eigenvalue weighted by molar-refractivity contribution is -0.0413. The third kappa shape index (κ3) is 3.99. The molecule has 2 aromatic rings. The molecule has 2 aliphatic carbocycles. The second kappa shape index (κ2) is 7.87. The van der Waals surface area contributed by atoms with Crippen LogP contribution in [0.2, 0.25) is 5.02 Å². The number of carbonyl (C=O) groups is 1. The van der Waals surface area contributed by atoms with E-state index in [1.165, 1.54) is 24.3 Å². The maximum Gasteiger partial charge on any atom is 0.255 e. The monoisotopic (exact) mass is 465 g/mol. The molecule has 0 aromatic heterocycles. The van der Waals surface area contributed by atoms with Gasteiger partial charge in [0.15, 0.2) is 9.84 Å². The first-order chi connectivity index (χ1) is 14.5. The predicted molar refractivity (Wildman–Crippen MR) is 118 cm³/mol. The lowest BCUT2D eigenvalue weighted by Crippen LogP contribution is -2.45. The molecule has 0 heterocycles. The Balaban J connectivity index is 1.60.